The number of carbonyl (C=O) groups is 2. The molecule has 3 rings (SSSR count). The van der Waals surface area contributed by atoms with Gasteiger partial charge in [-0.15, -0.1) is 0 Å². The van der Waals surface area contributed by atoms with Gasteiger partial charge in [0.2, 0.25) is 0 Å². The maximum Gasteiger partial charge on any atom is 0.255 e. The van der Waals surface area contributed by atoms with Gasteiger partial charge in [-0.3, -0.25) is 9.59 Å². The van der Waals surface area contributed by atoms with Crippen molar-refractivity contribution < 1.29 is 14.3 Å². The molecule has 0 atom stereocenters. The second-order valence-electron chi connectivity index (χ2n) is 6.68. The highest BCUT2D eigenvalue weighted by Gasteiger charge is 2.10. The summed E-state index contributed by atoms with van der Waals surface area (Å²) in [4.78, 5) is 24.8. The molecule has 3 aromatic carbocycles. The smallest absolute Gasteiger partial charge is 0.255 e. The molecular weight excluding hydrogens is 364 g/mol. The number of hydrogen-bond donors (Lipinski definition) is 2. The van der Waals surface area contributed by atoms with Crippen molar-refractivity contribution in [3.63, 3.8) is 0 Å². The number of anilines is 2. The van der Waals surface area contributed by atoms with Crippen LogP contribution in [0.3, 0.4) is 0 Å². The van der Waals surface area contributed by atoms with E-state index < -0.39 is 0 Å². The summed E-state index contributed by atoms with van der Waals surface area (Å²) in [6.07, 6.45) is 0.944. The van der Waals surface area contributed by atoms with Crippen LogP contribution in [-0.2, 0) is 0 Å². The van der Waals surface area contributed by atoms with Gasteiger partial charge < -0.3 is 15.4 Å². The number of hydrogen-bond acceptors (Lipinski definition) is 3. The van der Waals surface area contributed by atoms with Crippen LogP contribution in [0.2, 0.25) is 0 Å². The van der Waals surface area contributed by atoms with Gasteiger partial charge in [0.25, 0.3) is 11.8 Å². The molecule has 0 saturated heterocycles. The van der Waals surface area contributed by atoms with Crippen LogP contribution in [0.25, 0.3) is 0 Å². The third kappa shape index (κ3) is 5.45. The van der Waals surface area contributed by atoms with Crippen LogP contribution in [0.5, 0.6) is 5.75 Å². The summed E-state index contributed by atoms with van der Waals surface area (Å²) in [5.74, 6) is 0.390. The number of ether oxygens (including phenoxy) is 1. The molecule has 5 nitrogen and oxygen atoms in total. The van der Waals surface area contributed by atoms with E-state index in [0.29, 0.717) is 23.4 Å². The molecule has 2 N–H and O–H groups in total. The molecule has 0 fully saturated rings. The first-order chi connectivity index (χ1) is 14.1. The molecule has 0 radical (unpaired) electrons. The minimum Gasteiger partial charge on any atom is -0.494 e. The van der Waals surface area contributed by atoms with Gasteiger partial charge >= 0.3 is 0 Å². The lowest BCUT2D eigenvalue weighted by atomic mass is 10.1. The average Bonchev–Trinajstić information content (AvgIpc) is 2.75. The third-order valence-electron chi connectivity index (χ3n) is 4.36. The Bertz CT molecular complexity index is 983. The monoisotopic (exact) mass is 388 g/mol. The van der Waals surface area contributed by atoms with Crippen molar-refractivity contribution >= 4 is 23.2 Å². The molecule has 0 aliphatic heterocycles. The van der Waals surface area contributed by atoms with E-state index in [-0.39, 0.29) is 11.8 Å². The summed E-state index contributed by atoms with van der Waals surface area (Å²) in [6, 6.07) is 21.4. The van der Waals surface area contributed by atoms with Crippen molar-refractivity contribution in [1.82, 2.24) is 0 Å². The number of benzene rings is 3. The molecule has 0 saturated carbocycles. The van der Waals surface area contributed by atoms with Gasteiger partial charge in [-0.05, 0) is 73.5 Å². The number of nitrogens with one attached hydrogen (secondary N) is 2. The van der Waals surface area contributed by atoms with Crippen LogP contribution >= 0.6 is 0 Å². The maximum atomic E-state index is 12.5. The van der Waals surface area contributed by atoms with Crippen LogP contribution in [-0.4, -0.2) is 18.4 Å². The summed E-state index contributed by atoms with van der Waals surface area (Å²) in [5.41, 5.74) is 3.38. The lowest BCUT2D eigenvalue weighted by Gasteiger charge is -2.11. The van der Waals surface area contributed by atoms with Crippen LogP contribution in [0.1, 0.15) is 39.6 Å². The Hall–Kier alpha value is -3.60. The quantitative estimate of drug-likeness (QED) is 0.578. The van der Waals surface area contributed by atoms with Gasteiger partial charge in [-0.2, -0.15) is 0 Å². The van der Waals surface area contributed by atoms with Crippen LogP contribution < -0.4 is 15.4 Å². The fraction of sp³-hybridized carbons (Fsp3) is 0.167. The van der Waals surface area contributed by atoms with Gasteiger partial charge in [-0.1, -0.05) is 25.1 Å². The predicted octanol–water partition coefficient (Wildman–Crippen LogP) is 5.29. The summed E-state index contributed by atoms with van der Waals surface area (Å²) in [5, 5.41) is 5.74. The van der Waals surface area contributed by atoms with Crippen molar-refractivity contribution in [2.75, 3.05) is 17.2 Å². The highest BCUT2D eigenvalue weighted by Crippen LogP contribution is 2.22. The van der Waals surface area contributed by atoms with E-state index in [1.165, 1.54) is 0 Å². The first-order valence-electron chi connectivity index (χ1n) is 9.58. The van der Waals surface area contributed by atoms with Gasteiger partial charge in [0, 0.05) is 22.5 Å². The zero-order valence-corrected chi connectivity index (χ0v) is 16.6. The molecule has 148 valence electrons. The van der Waals surface area contributed by atoms with E-state index in [9.17, 15) is 9.59 Å². The zero-order valence-electron chi connectivity index (χ0n) is 16.6. The van der Waals surface area contributed by atoms with E-state index in [0.717, 1.165) is 23.4 Å². The predicted molar refractivity (Wildman–Crippen MR) is 116 cm³/mol. The lowest BCUT2D eigenvalue weighted by molar-refractivity contribution is 0.102. The van der Waals surface area contributed by atoms with Crippen molar-refractivity contribution in [2.24, 2.45) is 0 Å². The fourth-order valence-electron chi connectivity index (χ4n) is 2.78. The average molecular weight is 388 g/mol. The highest BCUT2D eigenvalue weighted by molar-refractivity contribution is 6.06. The largest absolute Gasteiger partial charge is 0.494 e. The summed E-state index contributed by atoms with van der Waals surface area (Å²) < 4.78 is 5.61. The first-order valence-corrected chi connectivity index (χ1v) is 9.58. The number of aryl methyl sites for hydroxylation is 1. The van der Waals surface area contributed by atoms with Crippen LogP contribution in [0.4, 0.5) is 11.4 Å². The Morgan fingerprint density at radius 2 is 1.48 bits per heavy atom. The van der Waals surface area contributed by atoms with E-state index in [2.05, 4.69) is 17.6 Å². The molecule has 0 bridgehead atoms. The van der Waals surface area contributed by atoms with Crippen molar-refractivity contribution in [1.29, 1.82) is 0 Å². The van der Waals surface area contributed by atoms with E-state index in [4.69, 9.17) is 4.74 Å². The van der Waals surface area contributed by atoms with E-state index in [1.54, 1.807) is 36.4 Å². The van der Waals surface area contributed by atoms with Crippen molar-refractivity contribution in [2.45, 2.75) is 20.3 Å². The SMILES string of the molecule is CCCOc1ccc(NC(=O)c2ccc(NC(=O)c3ccccc3)cc2)c(C)c1. The Morgan fingerprint density at radius 1 is 0.828 bits per heavy atom. The Kier molecular flexibility index (Phi) is 6.63. The summed E-state index contributed by atoms with van der Waals surface area (Å²) in [6.45, 7) is 4.65. The second kappa shape index (κ2) is 9.55. The number of amides is 2. The van der Waals surface area contributed by atoms with E-state index >= 15 is 0 Å². The van der Waals surface area contributed by atoms with Crippen molar-refractivity contribution in [3.8, 4) is 5.75 Å². The lowest BCUT2D eigenvalue weighted by Crippen LogP contribution is -2.14. The molecule has 2 amide bonds. The summed E-state index contributed by atoms with van der Waals surface area (Å²) in [7, 11) is 0. The molecule has 0 aliphatic carbocycles. The van der Waals surface area contributed by atoms with E-state index in [1.807, 2.05) is 43.3 Å². The molecule has 5 heteroatoms. The molecule has 3 aromatic rings. The van der Waals surface area contributed by atoms with Crippen molar-refractivity contribution in [3.05, 3.63) is 89.5 Å². The Labute approximate surface area is 170 Å². The Balaban J connectivity index is 1.62. The van der Waals surface area contributed by atoms with Gasteiger partial charge in [0.15, 0.2) is 0 Å². The Morgan fingerprint density at radius 3 is 2.14 bits per heavy atom. The minimum absolute atomic E-state index is 0.191. The molecular formula is C24H24N2O3. The zero-order chi connectivity index (χ0) is 20.6. The highest BCUT2D eigenvalue weighted by atomic mass is 16.5. The van der Waals surface area contributed by atoms with Gasteiger partial charge in [-0.25, -0.2) is 0 Å². The number of carbonyl (C=O) groups excluding carboxylic acids is 2. The topological polar surface area (TPSA) is 67.4 Å². The standard InChI is InChI=1S/C24H24N2O3/c1-3-15-29-21-13-14-22(17(2)16-21)26-24(28)19-9-11-20(12-10-19)25-23(27)18-7-5-4-6-8-18/h4-14,16H,3,15H2,1-2H3,(H,25,27)(H,26,28). The molecule has 29 heavy (non-hydrogen) atoms. The maximum absolute atomic E-state index is 12.5. The molecule has 0 heterocycles. The van der Waals surface area contributed by atoms with Crippen LogP contribution in [0, 0.1) is 6.92 Å². The second-order valence-corrected chi connectivity index (χ2v) is 6.68. The van der Waals surface area contributed by atoms with Gasteiger partial charge in [0.1, 0.15) is 5.75 Å². The number of rotatable bonds is 7. The third-order valence-corrected chi connectivity index (χ3v) is 4.36. The fourth-order valence-corrected chi connectivity index (χ4v) is 2.78. The summed E-state index contributed by atoms with van der Waals surface area (Å²) >= 11 is 0. The molecule has 0 aliphatic rings. The van der Waals surface area contributed by atoms with Crippen LogP contribution in [0.15, 0.2) is 72.8 Å². The van der Waals surface area contributed by atoms with Gasteiger partial charge in [0.05, 0.1) is 6.61 Å². The molecule has 0 aromatic heterocycles. The molecule has 0 unspecified atom stereocenters. The molecule has 0 spiro atoms. The normalized spacial score (nSPS) is 10.3. The minimum atomic E-state index is -0.212. The first kappa shape index (κ1) is 20.1.